The number of hydrogen-bond acceptors (Lipinski definition) is 3. The van der Waals surface area contributed by atoms with Crippen molar-refractivity contribution in [3.63, 3.8) is 0 Å². The third-order valence-corrected chi connectivity index (χ3v) is 4.02. The highest BCUT2D eigenvalue weighted by molar-refractivity contribution is 7.84. The maximum absolute atomic E-state index is 13.6. The summed E-state index contributed by atoms with van der Waals surface area (Å²) in [5.41, 5.74) is 5.20. The summed E-state index contributed by atoms with van der Waals surface area (Å²) >= 11 is 0. The van der Waals surface area contributed by atoms with E-state index in [0.29, 0.717) is 0 Å². The molecule has 0 radical (unpaired) electrons. The second-order valence-electron chi connectivity index (χ2n) is 4.16. The molecule has 7 heteroatoms. The Morgan fingerprint density at radius 2 is 2.11 bits per heavy atom. The number of carboxylic acids is 1. The third kappa shape index (κ3) is 4.44. The molecule has 2 atom stereocenters. The molecular formula is C12H14FNO4S. The van der Waals surface area contributed by atoms with Crippen molar-refractivity contribution >= 4 is 22.7 Å². The van der Waals surface area contributed by atoms with Crippen molar-refractivity contribution in [2.75, 3.05) is 5.75 Å². The minimum absolute atomic E-state index is 0.0333. The number of carbonyl (C=O) groups excluding carboxylic acids is 1. The Balaban J connectivity index is 2.75. The van der Waals surface area contributed by atoms with Gasteiger partial charge >= 0.3 is 5.97 Å². The molecule has 1 amide bonds. The van der Waals surface area contributed by atoms with Crippen LogP contribution in [0.3, 0.4) is 0 Å². The van der Waals surface area contributed by atoms with E-state index in [1.54, 1.807) is 0 Å². The number of amides is 1. The minimum atomic E-state index is -1.49. The average Bonchev–Trinajstić information content (AvgIpc) is 2.31. The molecule has 2 unspecified atom stereocenters. The molecule has 0 saturated carbocycles. The predicted octanol–water partition coefficient (Wildman–Crippen LogP) is 0.894. The Hall–Kier alpha value is -1.76. The van der Waals surface area contributed by atoms with Crippen molar-refractivity contribution < 1.29 is 23.3 Å². The molecule has 0 aliphatic heterocycles. The molecule has 0 saturated heterocycles. The van der Waals surface area contributed by atoms with Crippen molar-refractivity contribution in [2.24, 2.45) is 11.7 Å². The van der Waals surface area contributed by atoms with E-state index in [4.69, 9.17) is 10.8 Å². The fraction of sp³-hybridized carbons (Fsp3) is 0.333. The quantitative estimate of drug-likeness (QED) is 0.812. The highest BCUT2D eigenvalue weighted by atomic mass is 32.2. The first kappa shape index (κ1) is 15.3. The smallest absolute Gasteiger partial charge is 0.307 e. The van der Waals surface area contributed by atoms with Crippen LogP contribution in [-0.4, -0.2) is 26.9 Å². The first-order valence-electron chi connectivity index (χ1n) is 5.47. The van der Waals surface area contributed by atoms with Crippen molar-refractivity contribution in [1.82, 2.24) is 0 Å². The van der Waals surface area contributed by atoms with E-state index in [2.05, 4.69) is 0 Å². The van der Waals surface area contributed by atoms with E-state index in [0.717, 1.165) is 6.07 Å². The van der Waals surface area contributed by atoms with Gasteiger partial charge in [-0.2, -0.15) is 0 Å². The Bertz CT molecular complexity index is 532. The van der Waals surface area contributed by atoms with Gasteiger partial charge in [0.15, 0.2) is 0 Å². The summed E-state index contributed by atoms with van der Waals surface area (Å²) in [5.74, 6) is -3.36. The summed E-state index contributed by atoms with van der Waals surface area (Å²) < 4.78 is 25.3. The Kier molecular flexibility index (Phi) is 5.17. The van der Waals surface area contributed by atoms with Gasteiger partial charge in [0.05, 0.1) is 11.7 Å². The Labute approximate surface area is 112 Å². The highest BCUT2D eigenvalue weighted by Gasteiger charge is 2.16. The van der Waals surface area contributed by atoms with E-state index in [-0.39, 0.29) is 22.6 Å². The number of primary amides is 1. The number of benzene rings is 1. The molecule has 1 aromatic rings. The van der Waals surface area contributed by atoms with Gasteiger partial charge in [0, 0.05) is 27.7 Å². The molecule has 0 aliphatic carbocycles. The fourth-order valence-electron chi connectivity index (χ4n) is 1.40. The molecule has 19 heavy (non-hydrogen) atoms. The monoisotopic (exact) mass is 287 g/mol. The zero-order valence-electron chi connectivity index (χ0n) is 10.3. The first-order valence-corrected chi connectivity index (χ1v) is 6.96. The standard InChI is InChI=1S/C12H14FNO4S/c1-7(12(16)17)5-19(18)6-9-3-2-8(11(14)15)4-10(9)13/h2-4,7H,5-6H2,1H3,(H2,14,15)(H,16,17). The average molecular weight is 287 g/mol. The van der Waals surface area contributed by atoms with Crippen LogP contribution in [0.5, 0.6) is 0 Å². The SMILES string of the molecule is CC(CS(=O)Cc1ccc(C(N)=O)cc1F)C(=O)O. The lowest BCUT2D eigenvalue weighted by molar-refractivity contribution is -0.140. The van der Waals surface area contributed by atoms with Crippen LogP contribution in [0.25, 0.3) is 0 Å². The molecule has 0 aromatic heterocycles. The van der Waals surface area contributed by atoms with E-state index in [1.165, 1.54) is 19.1 Å². The van der Waals surface area contributed by atoms with Crippen molar-refractivity contribution in [2.45, 2.75) is 12.7 Å². The summed E-state index contributed by atoms with van der Waals surface area (Å²) in [5, 5.41) is 8.69. The van der Waals surface area contributed by atoms with Crippen LogP contribution in [0.4, 0.5) is 4.39 Å². The van der Waals surface area contributed by atoms with Crippen LogP contribution in [0.1, 0.15) is 22.8 Å². The predicted molar refractivity (Wildman–Crippen MR) is 68.4 cm³/mol. The van der Waals surface area contributed by atoms with Crippen LogP contribution in [0, 0.1) is 11.7 Å². The van der Waals surface area contributed by atoms with Gasteiger partial charge in [-0.3, -0.25) is 13.8 Å². The van der Waals surface area contributed by atoms with Gasteiger partial charge in [0.1, 0.15) is 5.82 Å². The Morgan fingerprint density at radius 3 is 2.58 bits per heavy atom. The van der Waals surface area contributed by atoms with Crippen LogP contribution in [0.2, 0.25) is 0 Å². The Morgan fingerprint density at radius 1 is 1.47 bits per heavy atom. The molecule has 3 N–H and O–H groups in total. The van der Waals surface area contributed by atoms with E-state index < -0.39 is 34.4 Å². The molecule has 5 nitrogen and oxygen atoms in total. The summed E-state index contributed by atoms with van der Waals surface area (Å²) in [6, 6.07) is 3.66. The topological polar surface area (TPSA) is 97.5 Å². The lowest BCUT2D eigenvalue weighted by Gasteiger charge is -2.07. The van der Waals surface area contributed by atoms with Gasteiger partial charge in [-0.15, -0.1) is 0 Å². The van der Waals surface area contributed by atoms with E-state index in [1.807, 2.05) is 0 Å². The number of rotatable bonds is 6. The number of carboxylic acid groups (broad SMARTS) is 1. The van der Waals surface area contributed by atoms with Crippen LogP contribution < -0.4 is 5.73 Å². The molecule has 0 aliphatic rings. The summed E-state index contributed by atoms with van der Waals surface area (Å²) in [6.07, 6.45) is 0. The largest absolute Gasteiger partial charge is 0.481 e. The van der Waals surface area contributed by atoms with Crippen LogP contribution in [-0.2, 0) is 21.3 Å². The van der Waals surface area contributed by atoms with Gasteiger partial charge in [-0.25, -0.2) is 4.39 Å². The van der Waals surface area contributed by atoms with Crippen LogP contribution >= 0.6 is 0 Å². The molecule has 0 spiro atoms. The second kappa shape index (κ2) is 6.42. The zero-order valence-corrected chi connectivity index (χ0v) is 11.1. The summed E-state index contributed by atoms with van der Waals surface area (Å²) in [7, 11) is -1.49. The normalized spacial score (nSPS) is 13.8. The van der Waals surface area contributed by atoms with Crippen molar-refractivity contribution in [1.29, 1.82) is 0 Å². The number of halogens is 1. The van der Waals surface area contributed by atoms with E-state index in [9.17, 15) is 18.2 Å². The van der Waals surface area contributed by atoms with E-state index >= 15 is 0 Å². The highest BCUT2D eigenvalue weighted by Crippen LogP contribution is 2.13. The first-order chi connectivity index (χ1) is 8.81. The zero-order chi connectivity index (χ0) is 14.6. The van der Waals surface area contributed by atoms with Gasteiger partial charge in [0.25, 0.3) is 0 Å². The lowest BCUT2D eigenvalue weighted by atomic mass is 10.1. The molecule has 0 heterocycles. The molecule has 0 bridgehead atoms. The molecule has 104 valence electrons. The van der Waals surface area contributed by atoms with Crippen LogP contribution in [0.15, 0.2) is 18.2 Å². The lowest BCUT2D eigenvalue weighted by Crippen LogP contribution is -2.18. The summed E-state index contributed by atoms with van der Waals surface area (Å²) in [4.78, 5) is 21.5. The van der Waals surface area contributed by atoms with Crippen molar-refractivity contribution in [3.05, 3.63) is 35.1 Å². The fourth-order valence-corrected chi connectivity index (χ4v) is 2.80. The maximum Gasteiger partial charge on any atom is 0.307 e. The summed E-state index contributed by atoms with van der Waals surface area (Å²) in [6.45, 7) is 1.44. The number of carbonyl (C=O) groups is 2. The molecular weight excluding hydrogens is 273 g/mol. The maximum atomic E-state index is 13.6. The molecule has 1 rings (SSSR count). The van der Waals surface area contributed by atoms with Gasteiger partial charge in [0.2, 0.25) is 5.91 Å². The van der Waals surface area contributed by atoms with Gasteiger partial charge in [-0.05, 0) is 12.1 Å². The number of aliphatic carboxylic acids is 1. The number of hydrogen-bond donors (Lipinski definition) is 2. The van der Waals surface area contributed by atoms with Crippen molar-refractivity contribution in [3.8, 4) is 0 Å². The van der Waals surface area contributed by atoms with Gasteiger partial charge < -0.3 is 10.8 Å². The minimum Gasteiger partial charge on any atom is -0.481 e. The molecule has 1 aromatic carbocycles. The second-order valence-corrected chi connectivity index (χ2v) is 5.66. The third-order valence-electron chi connectivity index (χ3n) is 2.51. The number of nitrogens with two attached hydrogens (primary N) is 1. The molecule has 0 fully saturated rings. The van der Waals surface area contributed by atoms with Gasteiger partial charge in [-0.1, -0.05) is 13.0 Å².